The van der Waals surface area contributed by atoms with E-state index in [2.05, 4.69) is 26.2 Å². The molecule has 2 aliphatic rings. The number of hydrogen-bond donors (Lipinski definition) is 1. The Bertz CT molecular complexity index is 1670. The van der Waals surface area contributed by atoms with Crippen molar-refractivity contribution in [2.75, 3.05) is 19.0 Å². The number of allylic oxidation sites excluding steroid dienone is 1. The number of methoxy groups -OCH3 is 1. The fraction of sp³-hybridized carbons (Fsp3) is 0.231. The molecule has 0 bridgehead atoms. The van der Waals surface area contributed by atoms with Gasteiger partial charge in [-0.15, -0.1) is 0 Å². The summed E-state index contributed by atoms with van der Waals surface area (Å²) < 4.78 is 13.4. The molecule has 1 amide bonds. The van der Waals surface area contributed by atoms with Gasteiger partial charge >= 0.3 is 5.97 Å². The van der Waals surface area contributed by atoms with Gasteiger partial charge in [0.05, 0.1) is 30.6 Å². The van der Waals surface area contributed by atoms with E-state index >= 15 is 0 Å². The number of aromatic nitrogens is 1. The van der Waals surface area contributed by atoms with Gasteiger partial charge < -0.3 is 14.8 Å². The zero-order valence-corrected chi connectivity index (χ0v) is 22.4. The molecular weight excluding hydrogens is 546 g/mol. The third-order valence-corrected chi connectivity index (χ3v) is 7.67. The first-order valence-corrected chi connectivity index (χ1v) is 12.8. The summed E-state index contributed by atoms with van der Waals surface area (Å²) in [6.45, 7) is 5.53. The molecule has 2 aromatic carbocycles. The van der Waals surface area contributed by atoms with Gasteiger partial charge in [0.25, 0.3) is 11.5 Å². The summed E-state index contributed by atoms with van der Waals surface area (Å²) in [4.78, 5) is 45.1. The van der Waals surface area contributed by atoms with Crippen molar-refractivity contribution < 1.29 is 19.1 Å². The van der Waals surface area contributed by atoms with E-state index in [1.165, 1.54) is 11.7 Å². The van der Waals surface area contributed by atoms with Crippen LogP contribution in [0.1, 0.15) is 36.6 Å². The lowest BCUT2D eigenvalue weighted by atomic mass is 9.95. The Kier molecular flexibility index (Phi) is 6.17. The van der Waals surface area contributed by atoms with Crippen molar-refractivity contribution in [3.63, 3.8) is 0 Å². The Morgan fingerprint density at radius 1 is 1.19 bits per heavy atom. The molecule has 3 aromatic rings. The zero-order chi connectivity index (χ0) is 25.7. The molecule has 0 fully saturated rings. The van der Waals surface area contributed by atoms with Gasteiger partial charge in [-0.3, -0.25) is 14.2 Å². The van der Waals surface area contributed by atoms with Gasteiger partial charge in [-0.05, 0) is 51.1 Å². The van der Waals surface area contributed by atoms with Crippen LogP contribution >= 0.6 is 27.3 Å². The molecule has 0 saturated heterocycles. The predicted molar refractivity (Wildman–Crippen MR) is 140 cm³/mol. The molecule has 0 saturated carbocycles. The molecule has 1 aromatic heterocycles. The van der Waals surface area contributed by atoms with Crippen molar-refractivity contribution in [1.29, 1.82) is 0 Å². The summed E-state index contributed by atoms with van der Waals surface area (Å²) in [6, 6.07) is 10.1. The van der Waals surface area contributed by atoms with Gasteiger partial charge in [0.15, 0.2) is 4.80 Å². The second-order valence-corrected chi connectivity index (χ2v) is 10.3. The molecule has 1 atom stereocenters. The molecule has 10 heteroatoms. The Morgan fingerprint density at radius 3 is 2.69 bits per heavy atom. The quantitative estimate of drug-likeness (QED) is 0.488. The number of thiazole rings is 1. The SMILES string of the molecule is CCOC(=O)C1=C(C)N=c2s/c(=C3/C(=O)Nc4ccc(C)cc43)c(=O)n2[C@H]1c1cc(Br)ccc1OC. The van der Waals surface area contributed by atoms with Crippen LogP contribution in [0.5, 0.6) is 5.75 Å². The summed E-state index contributed by atoms with van der Waals surface area (Å²) in [5, 5.41) is 2.84. The highest BCUT2D eigenvalue weighted by atomic mass is 79.9. The molecular formula is C26H22BrN3O5S. The fourth-order valence-electron chi connectivity index (χ4n) is 4.56. The number of amides is 1. The molecule has 36 heavy (non-hydrogen) atoms. The van der Waals surface area contributed by atoms with Crippen molar-refractivity contribution in [3.8, 4) is 5.75 Å². The molecule has 2 aliphatic heterocycles. The normalized spacial score (nSPS) is 17.8. The summed E-state index contributed by atoms with van der Waals surface area (Å²) >= 11 is 4.62. The number of aryl methyl sites for hydroxylation is 1. The fourth-order valence-corrected chi connectivity index (χ4v) is 6.08. The van der Waals surface area contributed by atoms with Crippen LogP contribution in [0.25, 0.3) is 5.57 Å². The number of nitrogens with one attached hydrogen (secondary N) is 1. The third kappa shape index (κ3) is 3.81. The van der Waals surface area contributed by atoms with E-state index in [0.717, 1.165) is 21.4 Å². The number of fused-ring (bicyclic) bond motifs is 2. The number of esters is 1. The first-order valence-electron chi connectivity index (χ1n) is 11.2. The maximum absolute atomic E-state index is 14.0. The van der Waals surface area contributed by atoms with Crippen LogP contribution in [0.15, 0.2) is 61.9 Å². The van der Waals surface area contributed by atoms with Crippen LogP contribution in [0, 0.1) is 6.92 Å². The number of rotatable bonds is 4. The van der Waals surface area contributed by atoms with Crippen molar-refractivity contribution in [3.05, 3.63) is 88.5 Å². The van der Waals surface area contributed by atoms with Crippen molar-refractivity contribution >= 4 is 50.4 Å². The minimum absolute atomic E-state index is 0.169. The van der Waals surface area contributed by atoms with Gasteiger partial charge in [-0.2, -0.15) is 0 Å². The minimum atomic E-state index is -0.858. The van der Waals surface area contributed by atoms with E-state index in [1.807, 2.05) is 37.3 Å². The Hall–Kier alpha value is -3.50. The van der Waals surface area contributed by atoms with Gasteiger partial charge in [0.2, 0.25) is 0 Å². The van der Waals surface area contributed by atoms with Crippen LogP contribution in [-0.4, -0.2) is 30.2 Å². The molecule has 0 aliphatic carbocycles. The maximum Gasteiger partial charge on any atom is 0.338 e. The average Bonchev–Trinajstić information content (AvgIpc) is 3.32. The largest absolute Gasteiger partial charge is 0.496 e. The second kappa shape index (κ2) is 9.18. The van der Waals surface area contributed by atoms with Gasteiger partial charge in [-0.1, -0.05) is 38.9 Å². The van der Waals surface area contributed by atoms with E-state index in [-0.39, 0.29) is 22.6 Å². The zero-order valence-electron chi connectivity index (χ0n) is 20.0. The maximum atomic E-state index is 14.0. The minimum Gasteiger partial charge on any atom is -0.496 e. The van der Waals surface area contributed by atoms with Crippen molar-refractivity contribution in [2.24, 2.45) is 4.99 Å². The average molecular weight is 568 g/mol. The number of ether oxygens (including phenoxy) is 2. The van der Waals surface area contributed by atoms with E-state index in [1.54, 1.807) is 19.9 Å². The number of nitrogens with zero attached hydrogens (tertiary/aromatic N) is 2. The Balaban J connectivity index is 1.86. The number of carbonyl (C=O) groups excluding carboxylic acids is 2. The van der Waals surface area contributed by atoms with Crippen LogP contribution in [0.2, 0.25) is 0 Å². The van der Waals surface area contributed by atoms with Crippen molar-refractivity contribution in [2.45, 2.75) is 26.8 Å². The molecule has 0 spiro atoms. The molecule has 8 nitrogen and oxygen atoms in total. The Morgan fingerprint density at radius 2 is 1.97 bits per heavy atom. The van der Waals surface area contributed by atoms with Crippen LogP contribution in [-0.2, 0) is 14.3 Å². The number of halogens is 1. The summed E-state index contributed by atoms with van der Waals surface area (Å²) in [6.07, 6.45) is 0. The van der Waals surface area contributed by atoms with Gasteiger partial charge in [0.1, 0.15) is 16.3 Å². The summed E-state index contributed by atoms with van der Waals surface area (Å²) in [7, 11) is 1.53. The standard InChI is InChI=1S/C26H22BrN3O5S/c1-5-35-25(33)19-13(3)28-26-30(21(19)16-11-14(27)7-9-18(16)34-4)24(32)22(36-26)20-15-10-12(2)6-8-17(15)29-23(20)31/h6-11,21H,5H2,1-4H3,(H,29,31)/b22-20+/t21-/m0/s1. The predicted octanol–water partition coefficient (Wildman–Crippen LogP) is 3.20. The first kappa shape index (κ1) is 24.2. The number of hydrogen-bond acceptors (Lipinski definition) is 7. The van der Waals surface area contributed by atoms with E-state index < -0.39 is 17.6 Å². The lowest BCUT2D eigenvalue weighted by Gasteiger charge is -2.26. The van der Waals surface area contributed by atoms with Gasteiger partial charge in [-0.25, -0.2) is 9.79 Å². The highest BCUT2D eigenvalue weighted by Gasteiger charge is 2.36. The first-order chi connectivity index (χ1) is 17.2. The summed E-state index contributed by atoms with van der Waals surface area (Å²) in [5.74, 6) is -0.417. The van der Waals surface area contributed by atoms with Crippen molar-refractivity contribution in [1.82, 2.24) is 4.57 Å². The molecule has 3 heterocycles. The second-order valence-electron chi connectivity index (χ2n) is 8.39. The van der Waals surface area contributed by atoms with Crippen LogP contribution < -0.4 is 24.9 Å². The smallest absolute Gasteiger partial charge is 0.338 e. The topological polar surface area (TPSA) is 99.0 Å². The van der Waals surface area contributed by atoms with Gasteiger partial charge in [0, 0.05) is 21.3 Å². The Labute approximate surface area is 218 Å². The third-order valence-electron chi connectivity index (χ3n) is 6.13. The number of benzene rings is 2. The summed E-state index contributed by atoms with van der Waals surface area (Å²) in [5.41, 5.74) is 3.44. The molecule has 1 N–H and O–H groups in total. The number of carbonyl (C=O) groups is 2. The number of anilines is 1. The highest BCUT2D eigenvalue weighted by molar-refractivity contribution is 9.10. The molecule has 0 radical (unpaired) electrons. The molecule has 5 rings (SSSR count). The van der Waals surface area contributed by atoms with E-state index in [0.29, 0.717) is 38.6 Å². The molecule has 184 valence electrons. The van der Waals surface area contributed by atoms with Crippen LogP contribution in [0.4, 0.5) is 5.69 Å². The van der Waals surface area contributed by atoms with E-state index in [4.69, 9.17) is 9.47 Å². The van der Waals surface area contributed by atoms with Crippen LogP contribution in [0.3, 0.4) is 0 Å². The highest BCUT2D eigenvalue weighted by Crippen LogP contribution is 2.37. The molecule has 0 unspecified atom stereocenters. The van der Waals surface area contributed by atoms with E-state index in [9.17, 15) is 14.4 Å². The lowest BCUT2D eigenvalue weighted by molar-refractivity contribution is -0.139. The monoisotopic (exact) mass is 567 g/mol. The lowest BCUT2D eigenvalue weighted by Crippen LogP contribution is -2.40.